The van der Waals surface area contributed by atoms with E-state index >= 15 is 0 Å². The highest BCUT2D eigenvalue weighted by molar-refractivity contribution is 5.36. The minimum Gasteiger partial charge on any atom is -0.496 e. The zero-order valence-electron chi connectivity index (χ0n) is 8.03. The second-order valence-electron chi connectivity index (χ2n) is 2.95. The van der Waals surface area contributed by atoms with Crippen LogP contribution < -0.4 is 10.5 Å². The van der Waals surface area contributed by atoms with Gasteiger partial charge in [0.15, 0.2) is 0 Å². The van der Waals surface area contributed by atoms with Crippen LogP contribution in [0.4, 0.5) is 4.39 Å². The molecule has 0 fully saturated rings. The molecule has 4 heteroatoms. The average Bonchev–Trinajstić information content (AvgIpc) is 2.17. The first-order valence-electron chi connectivity index (χ1n) is 4.41. The highest BCUT2D eigenvalue weighted by Gasteiger charge is 2.16. The molecule has 1 aromatic carbocycles. The summed E-state index contributed by atoms with van der Waals surface area (Å²) in [7, 11) is 1.44. The minimum absolute atomic E-state index is 0.181. The number of halogens is 1. The Morgan fingerprint density at radius 1 is 1.57 bits per heavy atom. The molecule has 0 saturated heterocycles. The monoisotopic (exact) mass is 199 g/mol. The molecule has 1 atom stereocenters. The Kier molecular flexibility index (Phi) is 3.85. The predicted molar refractivity (Wildman–Crippen MR) is 51.6 cm³/mol. The standard InChI is InChI=1S/C10H14FNO2/c1-14-9-4-2-3-7(11)10(9)8(13)5-6-12/h2-4,8,13H,5-6,12H2,1H3/t8-/m1/s1. The second kappa shape index (κ2) is 4.93. The third-order valence-electron chi connectivity index (χ3n) is 2.01. The van der Waals surface area contributed by atoms with E-state index in [4.69, 9.17) is 10.5 Å². The average molecular weight is 199 g/mol. The first-order valence-corrected chi connectivity index (χ1v) is 4.41. The number of aliphatic hydroxyl groups is 1. The maximum atomic E-state index is 13.3. The zero-order chi connectivity index (χ0) is 10.6. The maximum Gasteiger partial charge on any atom is 0.132 e. The van der Waals surface area contributed by atoms with Gasteiger partial charge < -0.3 is 15.6 Å². The Labute approximate surface area is 82.3 Å². The van der Waals surface area contributed by atoms with Crippen molar-refractivity contribution in [2.24, 2.45) is 5.73 Å². The van der Waals surface area contributed by atoms with Gasteiger partial charge in [0.1, 0.15) is 11.6 Å². The van der Waals surface area contributed by atoms with Crippen molar-refractivity contribution >= 4 is 0 Å². The fourth-order valence-electron chi connectivity index (χ4n) is 1.32. The molecule has 14 heavy (non-hydrogen) atoms. The molecule has 0 heterocycles. The summed E-state index contributed by atoms with van der Waals surface area (Å²) in [6, 6.07) is 4.43. The first kappa shape index (κ1) is 10.9. The van der Waals surface area contributed by atoms with Crippen LogP contribution in [0, 0.1) is 5.82 Å². The number of hydrogen-bond donors (Lipinski definition) is 2. The summed E-state index contributed by atoms with van der Waals surface area (Å²) in [4.78, 5) is 0. The van der Waals surface area contributed by atoms with Crippen molar-refractivity contribution in [3.8, 4) is 5.75 Å². The van der Waals surface area contributed by atoms with E-state index in [0.29, 0.717) is 18.7 Å². The molecular weight excluding hydrogens is 185 g/mol. The third kappa shape index (κ3) is 2.21. The van der Waals surface area contributed by atoms with E-state index in [1.54, 1.807) is 6.07 Å². The second-order valence-corrected chi connectivity index (χ2v) is 2.95. The summed E-state index contributed by atoms with van der Waals surface area (Å²) < 4.78 is 18.3. The fourth-order valence-corrected chi connectivity index (χ4v) is 1.32. The number of rotatable bonds is 4. The summed E-state index contributed by atoms with van der Waals surface area (Å²) in [5.74, 6) is -0.115. The van der Waals surface area contributed by atoms with E-state index in [-0.39, 0.29) is 5.56 Å². The summed E-state index contributed by atoms with van der Waals surface area (Å²) in [6.45, 7) is 0.304. The van der Waals surface area contributed by atoms with E-state index in [1.165, 1.54) is 19.2 Å². The lowest BCUT2D eigenvalue weighted by Crippen LogP contribution is -2.09. The van der Waals surface area contributed by atoms with Crippen molar-refractivity contribution in [2.75, 3.05) is 13.7 Å². The first-order chi connectivity index (χ1) is 6.70. The van der Waals surface area contributed by atoms with Crippen LogP contribution in [-0.4, -0.2) is 18.8 Å². The van der Waals surface area contributed by atoms with Gasteiger partial charge in [-0.05, 0) is 25.1 Å². The number of nitrogens with two attached hydrogens (primary N) is 1. The van der Waals surface area contributed by atoms with Crippen LogP contribution in [0.3, 0.4) is 0 Å². The Morgan fingerprint density at radius 3 is 2.86 bits per heavy atom. The molecule has 0 aliphatic carbocycles. The summed E-state index contributed by atoms with van der Waals surface area (Å²) >= 11 is 0. The van der Waals surface area contributed by atoms with E-state index in [1.807, 2.05) is 0 Å². The molecule has 0 saturated carbocycles. The van der Waals surface area contributed by atoms with Crippen LogP contribution in [0.5, 0.6) is 5.75 Å². The Hall–Kier alpha value is -1.13. The molecule has 0 aromatic heterocycles. The van der Waals surface area contributed by atoms with Crippen LogP contribution in [0.1, 0.15) is 18.1 Å². The van der Waals surface area contributed by atoms with Gasteiger partial charge in [-0.2, -0.15) is 0 Å². The lowest BCUT2D eigenvalue weighted by atomic mass is 10.0. The predicted octanol–water partition coefficient (Wildman–Crippen LogP) is 1.22. The highest BCUT2D eigenvalue weighted by Crippen LogP contribution is 2.29. The van der Waals surface area contributed by atoms with Gasteiger partial charge in [0.2, 0.25) is 0 Å². The number of ether oxygens (including phenoxy) is 1. The van der Waals surface area contributed by atoms with Gasteiger partial charge >= 0.3 is 0 Å². The van der Waals surface area contributed by atoms with Crippen molar-refractivity contribution in [1.29, 1.82) is 0 Å². The molecule has 3 nitrogen and oxygen atoms in total. The number of hydrogen-bond acceptors (Lipinski definition) is 3. The largest absolute Gasteiger partial charge is 0.496 e. The minimum atomic E-state index is -0.906. The molecule has 3 N–H and O–H groups in total. The zero-order valence-corrected chi connectivity index (χ0v) is 8.03. The van der Waals surface area contributed by atoms with E-state index < -0.39 is 11.9 Å². The van der Waals surface area contributed by atoms with Gasteiger partial charge in [0, 0.05) is 0 Å². The van der Waals surface area contributed by atoms with Crippen LogP contribution >= 0.6 is 0 Å². The van der Waals surface area contributed by atoms with Gasteiger partial charge in [-0.25, -0.2) is 4.39 Å². The van der Waals surface area contributed by atoms with Crippen LogP contribution in [0.15, 0.2) is 18.2 Å². The molecule has 1 rings (SSSR count). The Bertz CT molecular complexity index is 304. The Morgan fingerprint density at radius 2 is 2.29 bits per heavy atom. The lowest BCUT2D eigenvalue weighted by molar-refractivity contribution is 0.161. The van der Waals surface area contributed by atoms with Crippen molar-refractivity contribution in [3.63, 3.8) is 0 Å². The van der Waals surface area contributed by atoms with Gasteiger partial charge in [-0.1, -0.05) is 6.07 Å². The molecule has 1 aromatic rings. The third-order valence-corrected chi connectivity index (χ3v) is 2.01. The molecule has 0 amide bonds. The topological polar surface area (TPSA) is 55.5 Å². The van der Waals surface area contributed by atoms with E-state index in [2.05, 4.69) is 0 Å². The summed E-state index contributed by atoms with van der Waals surface area (Å²) in [5.41, 5.74) is 5.47. The van der Waals surface area contributed by atoms with Crippen molar-refractivity contribution in [1.82, 2.24) is 0 Å². The molecule has 78 valence electrons. The fraction of sp³-hybridized carbons (Fsp3) is 0.400. The summed E-state index contributed by atoms with van der Waals surface area (Å²) in [5, 5.41) is 9.61. The smallest absolute Gasteiger partial charge is 0.132 e. The molecular formula is C10H14FNO2. The van der Waals surface area contributed by atoms with Crippen molar-refractivity contribution in [2.45, 2.75) is 12.5 Å². The van der Waals surface area contributed by atoms with Crippen molar-refractivity contribution in [3.05, 3.63) is 29.6 Å². The summed E-state index contributed by atoms with van der Waals surface area (Å²) in [6.07, 6.45) is -0.590. The molecule has 0 bridgehead atoms. The molecule has 0 radical (unpaired) electrons. The van der Waals surface area contributed by atoms with Crippen LogP contribution in [0.25, 0.3) is 0 Å². The number of methoxy groups -OCH3 is 1. The lowest BCUT2D eigenvalue weighted by Gasteiger charge is -2.14. The number of aliphatic hydroxyl groups excluding tert-OH is 1. The molecule has 0 spiro atoms. The molecule has 0 aliphatic heterocycles. The van der Waals surface area contributed by atoms with Crippen LogP contribution in [-0.2, 0) is 0 Å². The van der Waals surface area contributed by atoms with Crippen molar-refractivity contribution < 1.29 is 14.2 Å². The maximum absolute atomic E-state index is 13.3. The Balaban J connectivity index is 3.03. The number of benzene rings is 1. The van der Waals surface area contributed by atoms with Gasteiger partial charge in [-0.15, -0.1) is 0 Å². The SMILES string of the molecule is COc1cccc(F)c1[C@H](O)CCN. The van der Waals surface area contributed by atoms with E-state index in [9.17, 15) is 9.50 Å². The van der Waals surface area contributed by atoms with Crippen LogP contribution in [0.2, 0.25) is 0 Å². The highest BCUT2D eigenvalue weighted by atomic mass is 19.1. The normalized spacial score (nSPS) is 12.6. The van der Waals surface area contributed by atoms with E-state index in [0.717, 1.165) is 0 Å². The van der Waals surface area contributed by atoms with Gasteiger partial charge in [-0.3, -0.25) is 0 Å². The molecule has 0 unspecified atom stereocenters. The quantitative estimate of drug-likeness (QED) is 0.766. The van der Waals surface area contributed by atoms with Gasteiger partial charge in [0.05, 0.1) is 18.8 Å². The van der Waals surface area contributed by atoms with Gasteiger partial charge in [0.25, 0.3) is 0 Å². The molecule has 0 aliphatic rings.